The highest BCUT2D eigenvalue weighted by Gasteiger charge is 2.16. The van der Waals surface area contributed by atoms with Gasteiger partial charge >= 0.3 is 0 Å². The van der Waals surface area contributed by atoms with Crippen LogP contribution in [0.3, 0.4) is 0 Å². The van der Waals surface area contributed by atoms with Crippen LogP contribution in [0.25, 0.3) is 5.69 Å². The lowest BCUT2D eigenvalue weighted by Gasteiger charge is -2.10. The van der Waals surface area contributed by atoms with Gasteiger partial charge in [-0.2, -0.15) is 4.68 Å². The van der Waals surface area contributed by atoms with Crippen LogP contribution in [0.15, 0.2) is 47.2 Å². The summed E-state index contributed by atoms with van der Waals surface area (Å²) in [5.41, 5.74) is 1.97. The lowest BCUT2D eigenvalue weighted by molar-refractivity contribution is 0.0950. The predicted molar refractivity (Wildman–Crippen MR) is 90.6 cm³/mol. The molecule has 0 saturated heterocycles. The van der Waals surface area contributed by atoms with E-state index in [-0.39, 0.29) is 12.7 Å². The predicted octanol–water partition coefficient (Wildman–Crippen LogP) is 2.08. The van der Waals surface area contributed by atoms with Crippen molar-refractivity contribution in [3.63, 3.8) is 0 Å². The molecular weight excluding hydrogens is 390 g/mol. The largest absolute Gasteiger partial charge is 0.454 e. The van der Waals surface area contributed by atoms with Gasteiger partial charge in [0, 0.05) is 11.0 Å². The number of tetrazole rings is 1. The van der Waals surface area contributed by atoms with Gasteiger partial charge in [0.05, 0.1) is 11.3 Å². The fraction of sp³-hybridized carbons (Fsp3) is 0.125. The van der Waals surface area contributed by atoms with Gasteiger partial charge in [0.1, 0.15) is 6.33 Å². The standard InChI is InChI=1S/C16H12BrN5O3/c17-11-2-3-13(22-8-19-20-21-22)12(6-11)16(23)18-7-10-1-4-14-15(5-10)25-9-24-14/h1-6,8H,7,9H2,(H,18,23). The lowest BCUT2D eigenvalue weighted by atomic mass is 10.1. The van der Waals surface area contributed by atoms with E-state index in [0.717, 1.165) is 10.0 Å². The molecule has 0 aliphatic carbocycles. The van der Waals surface area contributed by atoms with Gasteiger partial charge in [0.25, 0.3) is 5.91 Å². The summed E-state index contributed by atoms with van der Waals surface area (Å²) in [7, 11) is 0. The van der Waals surface area contributed by atoms with Gasteiger partial charge in [-0.05, 0) is 46.3 Å². The lowest BCUT2D eigenvalue weighted by Crippen LogP contribution is -2.24. The third kappa shape index (κ3) is 3.18. The van der Waals surface area contributed by atoms with E-state index in [9.17, 15) is 4.79 Å². The van der Waals surface area contributed by atoms with Crippen LogP contribution in [-0.4, -0.2) is 32.9 Å². The van der Waals surface area contributed by atoms with E-state index in [2.05, 4.69) is 36.8 Å². The van der Waals surface area contributed by atoms with E-state index in [1.807, 2.05) is 24.3 Å². The van der Waals surface area contributed by atoms with Crippen molar-refractivity contribution in [3.8, 4) is 17.2 Å². The van der Waals surface area contributed by atoms with Gasteiger partial charge in [-0.3, -0.25) is 4.79 Å². The molecule has 0 saturated carbocycles. The molecule has 1 aliphatic heterocycles. The molecule has 1 N–H and O–H groups in total. The third-order valence-electron chi connectivity index (χ3n) is 3.69. The molecule has 0 spiro atoms. The number of nitrogens with zero attached hydrogens (tertiary/aromatic N) is 4. The molecule has 2 aromatic carbocycles. The van der Waals surface area contributed by atoms with Gasteiger partial charge in [-0.25, -0.2) is 0 Å². The van der Waals surface area contributed by atoms with E-state index in [1.165, 1.54) is 11.0 Å². The van der Waals surface area contributed by atoms with Crippen molar-refractivity contribution in [1.29, 1.82) is 0 Å². The molecule has 2 heterocycles. The first kappa shape index (κ1) is 15.6. The summed E-state index contributed by atoms with van der Waals surface area (Å²) in [4.78, 5) is 12.7. The Kier molecular flexibility index (Phi) is 4.06. The minimum absolute atomic E-state index is 0.221. The summed E-state index contributed by atoms with van der Waals surface area (Å²) in [6.45, 7) is 0.579. The fourth-order valence-electron chi connectivity index (χ4n) is 2.49. The summed E-state index contributed by atoms with van der Waals surface area (Å²) in [5, 5.41) is 14.0. The Morgan fingerprint density at radius 1 is 1.20 bits per heavy atom. The molecule has 4 rings (SSSR count). The highest BCUT2D eigenvalue weighted by Crippen LogP contribution is 2.32. The third-order valence-corrected chi connectivity index (χ3v) is 4.18. The molecule has 25 heavy (non-hydrogen) atoms. The number of hydrogen-bond donors (Lipinski definition) is 1. The molecule has 126 valence electrons. The number of aromatic nitrogens is 4. The van der Waals surface area contributed by atoms with Crippen molar-refractivity contribution in [2.24, 2.45) is 0 Å². The van der Waals surface area contributed by atoms with E-state index in [0.29, 0.717) is 29.3 Å². The number of ether oxygens (including phenoxy) is 2. The fourth-order valence-corrected chi connectivity index (χ4v) is 2.85. The first-order chi connectivity index (χ1) is 12.2. The number of benzene rings is 2. The zero-order valence-corrected chi connectivity index (χ0v) is 14.4. The average molecular weight is 402 g/mol. The van der Waals surface area contributed by atoms with Gasteiger partial charge < -0.3 is 14.8 Å². The average Bonchev–Trinajstić information content (AvgIpc) is 3.30. The summed E-state index contributed by atoms with van der Waals surface area (Å²) < 4.78 is 12.9. The van der Waals surface area contributed by atoms with Gasteiger partial charge in [-0.15, -0.1) is 5.10 Å². The minimum atomic E-state index is -0.232. The first-order valence-electron chi connectivity index (χ1n) is 7.40. The van der Waals surface area contributed by atoms with Crippen molar-refractivity contribution >= 4 is 21.8 Å². The second-order valence-electron chi connectivity index (χ2n) is 5.29. The number of fused-ring (bicyclic) bond motifs is 1. The van der Waals surface area contributed by atoms with Crippen molar-refractivity contribution in [2.45, 2.75) is 6.54 Å². The number of carbonyl (C=O) groups excluding carboxylic acids is 1. The van der Waals surface area contributed by atoms with Crippen molar-refractivity contribution in [2.75, 3.05) is 6.79 Å². The second kappa shape index (κ2) is 6.52. The molecule has 1 aromatic heterocycles. The Bertz CT molecular complexity index is 930. The summed E-state index contributed by atoms with van der Waals surface area (Å²) in [6, 6.07) is 10.9. The molecule has 0 bridgehead atoms. The van der Waals surface area contributed by atoms with Crippen LogP contribution in [0.2, 0.25) is 0 Å². The minimum Gasteiger partial charge on any atom is -0.454 e. The van der Waals surface area contributed by atoms with E-state index in [4.69, 9.17) is 9.47 Å². The highest BCUT2D eigenvalue weighted by molar-refractivity contribution is 9.10. The van der Waals surface area contributed by atoms with E-state index < -0.39 is 0 Å². The van der Waals surface area contributed by atoms with Gasteiger partial charge in [0.15, 0.2) is 11.5 Å². The Balaban J connectivity index is 1.54. The first-order valence-corrected chi connectivity index (χ1v) is 8.19. The number of hydrogen-bond acceptors (Lipinski definition) is 6. The molecular formula is C16H12BrN5O3. The number of carbonyl (C=O) groups is 1. The molecule has 0 fully saturated rings. The zero-order valence-electron chi connectivity index (χ0n) is 12.8. The maximum Gasteiger partial charge on any atom is 0.253 e. The molecule has 3 aromatic rings. The van der Waals surface area contributed by atoms with Crippen molar-refractivity contribution in [3.05, 3.63) is 58.3 Å². The maximum absolute atomic E-state index is 12.7. The van der Waals surface area contributed by atoms with E-state index in [1.54, 1.807) is 12.1 Å². The van der Waals surface area contributed by atoms with Crippen LogP contribution < -0.4 is 14.8 Å². The van der Waals surface area contributed by atoms with Crippen LogP contribution in [0, 0.1) is 0 Å². The summed E-state index contributed by atoms with van der Waals surface area (Å²) in [6.07, 6.45) is 1.44. The second-order valence-corrected chi connectivity index (χ2v) is 6.20. The van der Waals surface area contributed by atoms with Crippen LogP contribution in [-0.2, 0) is 6.54 Å². The molecule has 8 nitrogen and oxygen atoms in total. The number of nitrogens with one attached hydrogen (secondary N) is 1. The quantitative estimate of drug-likeness (QED) is 0.719. The monoisotopic (exact) mass is 401 g/mol. The number of rotatable bonds is 4. The Hall–Kier alpha value is -2.94. The maximum atomic E-state index is 12.7. The smallest absolute Gasteiger partial charge is 0.253 e. The molecule has 1 amide bonds. The highest BCUT2D eigenvalue weighted by atomic mass is 79.9. The molecule has 9 heteroatoms. The summed E-state index contributed by atoms with van der Waals surface area (Å²) >= 11 is 3.39. The van der Waals surface area contributed by atoms with Crippen LogP contribution >= 0.6 is 15.9 Å². The Morgan fingerprint density at radius 3 is 2.92 bits per heavy atom. The van der Waals surface area contributed by atoms with Crippen molar-refractivity contribution < 1.29 is 14.3 Å². The van der Waals surface area contributed by atoms with Crippen molar-refractivity contribution in [1.82, 2.24) is 25.5 Å². The molecule has 0 unspecified atom stereocenters. The number of halogens is 1. The molecule has 1 aliphatic rings. The van der Waals surface area contributed by atoms with Gasteiger partial charge in [-0.1, -0.05) is 22.0 Å². The topological polar surface area (TPSA) is 91.2 Å². The Labute approximate surface area is 150 Å². The SMILES string of the molecule is O=C(NCc1ccc2c(c1)OCO2)c1cc(Br)ccc1-n1cnnn1. The number of amides is 1. The molecule has 0 radical (unpaired) electrons. The van der Waals surface area contributed by atoms with Crippen LogP contribution in [0.1, 0.15) is 15.9 Å². The van der Waals surface area contributed by atoms with Gasteiger partial charge in [0.2, 0.25) is 6.79 Å². The summed E-state index contributed by atoms with van der Waals surface area (Å²) in [5.74, 6) is 1.16. The van der Waals surface area contributed by atoms with E-state index >= 15 is 0 Å². The zero-order chi connectivity index (χ0) is 17.2. The van der Waals surface area contributed by atoms with Crippen LogP contribution in [0.5, 0.6) is 11.5 Å². The normalized spacial score (nSPS) is 12.2. The molecule has 0 atom stereocenters. The van der Waals surface area contributed by atoms with Crippen LogP contribution in [0.4, 0.5) is 0 Å². The Morgan fingerprint density at radius 2 is 2.08 bits per heavy atom.